The number of carbonyl (C=O) groups is 1. The van der Waals surface area contributed by atoms with Crippen LogP contribution < -0.4 is 21.4 Å². The fourth-order valence-electron chi connectivity index (χ4n) is 6.48. The van der Waals surface area contributed by atoms with Crippen molar-refractivity contribution in [3.8, 4) is 0 Å². The van der Waals surface area contributed by atoms with Gasteiger partial charge in [-0.25, -0.2) is 0 Å². The summed E-state index contributed by atoms with van der Waals surface area (Å²) in [5.41, 5.74) is 10.5. The average molecular weight is 603 g/mol. The van der Waals surface area contributed by atoms with E-state index in [1.54, 1.807) is 13.8 Å². The third kappa shape index (κ3) is 5.86. The maximum Gasteiger partial charge on any atom is 0.303 e. The van der Waals surface area contributed by atoms with Crippen LogP contribution in [0.4, 0.5) is 0 Å². The molecule has 0 saturated carbocycles. The molecule has 4 aromatic rings. The molecule has 2 unspecified atom stereocenters. The number of ether oxygens (including phenoxy) is 1. The van der Waals surface area contributed by atoms with Crippen LogP contribution in [-0.4, -0.2) is 59.7 Å². The highest BCUT2D eigenvalue weighted by Gasteiger charge is 2.20. The summed E-state index contributed by atoms with van der Waals surface area (Å²) in [6, 6.07) is 0. The molecule has 10 heteroatoms. The lowest BCUT2D eigenvalue weighted by Crippen LogP contribution is -2.14. The molecule has 234 valence electrons. The zero-order chi connectivity index (χ0) is 31.9. The molecule has 0 fully saturated rings. The second-order valence-electron chi connectivity index (χ2n) is 11.7. The minimum absolute atomic E-state index is 0.0155. The topological polar surface area (TPSA) is 170 Å². The van der Waals surface area contributed by atoms with Crippen molar-refractivity contribution in [1.82, 2.24) is 19.9 Å². The monoisotopic (exact) mass is 602 g/mol. The summed E-state index contributed by atoms with van der Waals surface area (Å²) in [4.78, 5) is 25.7. The molecule has 1 aliphatic heterocycles. The largest absolute Gasteiger partial charge is 0.481 e. The van der Waals surface area contributed by atoms with Crippen molar-refractivity contribution in [3.05, 3.63) is 88.7 Å². The lowest BCUT2D eigenvalue weighted by molar-refractivity contribution is -0.136. The quantitative estimate of drug-likeness (QED) is 0.0939. The number of aliphatic hydroxyl groups is 3. The fourth-order valence-corrected chi connectivity index (χ4v) is 6.48. The van der Waals surface area contributed by atoms with Crippen LogP contribution in [0.1, 0.15) is 99.8 Å². The van der Waals surface area contributed by atoms with Crippen LogP contribution >= 0.6 is 0 Å². The van der Waals surface area contributed by atoms with Crippen molar-refractivity contribution < 1.29 is 30.0 Å². The Balaban J connectivity index is 1.92. The van der Waals surface area contributed by atoms with E-state index >= 15 is 0 Å². The predicted molar refractivity (Wildman–Crippen MR) is 169 cm³/mol. The number of carboxylic acids is 1. The Morgan fingerprint density at radius 1 is 0.682 bits per heavy atom. The molecule has 8 bridgehead atoms. The SMILES string of the molecule is Cc1c2[nH]c(c1CCC(=O)O)C=c1[nH]c(c(C)c1CCOCO)=Cc1[nH]c(c(C(C)O)c1C)C=c1[nH]c(c(C(C)O)c1C)=C2. The number of aliphatic carboxylic acids is 1. The first-order valence-electron chi connectivity index (χ1n) is 14.9. The summed E-state index contributed by atoms with van der Waals surface area (Å²) in [6.07, 6.45) is 7.39. The van der Waals surface area contributed by atoms with Gasteiger partial charge in [0.05, 0.1) is 18.8 Å². The lowest BCUT2D eigenvalue weighted by atomic mass is 10.0. The number of aromatic amines is 4. The van der Waals surface area contributed by atoms with Gasteiger partial charge in [-0.3, -0.25) is 4.79 Å². The third-order valence-electron chi connectivity index (χ3n) is 8.80. The molecule has 44 heavy (non-hydrogen) atoms. The van der Waals surface area contributed by atoms with Crippen LogP contribution in [0.25, 0.3) is 24.3 Å². The molecule has 10 nitrogen and oxygen atoms in total. The minimum atomic E-state index is -0.872. The molecule has 5 rings (SSSR count). The zero-order valence-corrected chi connectivity index (χ0v) is 26.1. The number of nitrogens with one attached hydrogen (secondary N) is 4. The maximum atomic E-state index is 11.6. The van der Waals surface area contributed by atoms with Gasteiger partial charge in [0.1, 0.15) is 6.79 Å². The molecule has 4 aromatic heterocycles. The van der Waals surface area contributed by atoms with Gasteiger partial charge in [-0.05, 0) is 112 Å². The van der Waals surface area contributed by atoms with Gasteiger partial charge in [-0.1, -0.05) is 0 Å². The average Bonchev–Trinajstić information content (AvgIpc) is 3.61. The maximum absolute atomic E-state index is 11.6. The fraction of sp³-hybridized carbons (Fsp3) is 0.382. The van der Waals surface area contributed by atoms with Gasteiger partial charge in [0.15, 0.2) is 0 Å². The Labute approximate surface area is 255 Å². The molecule has 1 aliphatic rings. The molecule has 8 N–H and O–H groups in total. The summed E-state index contributed by atoms with van der Waals surface area (Å²) in [7, 11) is 0. The lowest BCUT2D eigenvalue weighted by Gasteiger charge is -2.05. The highest BCUT2D eigenvalue weighted by atomic mass is 16.6. The molecule has 0 saturated heterocycles. The second-order valence-corrected chi connectivity index (χ2v) is 11.7. The van der Waals surface area contributed by atoms with Crippen molar-refractivity contribution in [3.63, 3.8) is 0 Å². The number of fused-ring (bicyclic) bond motifs is 8. The van der Waals surface area contributed by atoms with E-state index in [2.05, 4.69) is 19.9 Å². The second kappa shape index (κ2) is 12.5. The van der Waals surface area contributed by atoms with Gasteiger partial charge < -0.3 is 45.1 Å². The van der Waals surface area contributed by atoms with Gasteiger partial charge in [0, 0.05) is 61.7 Å². The summed E-state index contributed by atoms with van der Waals surface area (Å²) < 4.78 is 5.29. The molecule has 0 radical (unpaired) electrons. The van der Waals surface area contributed by atoms with Crippen molar-refractivity contribution in [1.29, 1.82) is 0 Å². The van der Waals surface area contributed by atoms with E-state index < -0.39 is 18.2 Å². The zero-order valence-electron chi connectivity index (χ0n) is 26.1. The van der Waals surface area contributed by atoms with Gasteiger partial charge in [-0.2, -0.15) is 0 Å². The highest BCUT2D eigenvalue weighted by molar-refractivity contribution is 5.69. The summed E-state index contributed by atoms with van der Waals surface area (Å²) >= 11 is 0. The Morgan fingerprint density at radius 3 is 1.91 bits per heavy atom. The van der Waals surface area contributed by atoms with E-state index in [4.69, 9.17) is 4.74 Å². The summed E-state index contributed by atoms with van der Waals surface area (Å²) in [5, 5.41) is 43.6. The van der Waals surface area contributed by atoms with Crippen LogP contribution in [0.15, 0.2) is 0 Å². The van der Waals surface area contributed by atoms with Gasteiger partial charge >= 0.3 is 5.97 Å². The van der Waals surface area contributed by atoms with Crippen molar-refractivity contribution in [2.75, 3.05) is 13.4 Å². The molecule has 5 heterocycles. The predicted octanol–water partition coefficient (Wildman–Crippen LogP) is 1.49. The van der Waals surface area contributed by atoms with Crippen LogP contribution in [0, 0.1) is 27.7 Å². The number of hydrogen-bond acceptors (Lipinski definition) is 5. The van der Waals surface area contributed by atoms with E-state index in [0.717, 1.165) is 88.7 Å². The molecule has 0 amide bonds. The number of aliphatic hydroxyl groups excluding tert-OH is 3. The van der Waals surface area contributed by atoms with Crippen LogP contribution in [0.2, 0.25) is 0 Å². The Morgan fingerprint density at radius 2 is 1.25 bits per heavy atom. The number of rotatable bonds is 9. The van der Waals surface area contributed by atoms with Gasteiger partial charge in [-0.15, -0.1) is 0 Å². The first kappa shape index (κ1) is 31.3. The van der Waals surface area contributed by atoms with E-state index in [-0.39, 0.29) is 13.2 Å². The molecule has 0 aromatic carbocycles. The van der Waals surface area contributed by atoms with Crippen LogP contribution in [-0.2, 0) is 22.4 Å². The summed E-state index contributed by atoms with van der Waals surface area (Å²) in [5.74, 6) is -0.872. The number of aromatic nitrogens is 4. The summed E-state index contributed by atoms with van der Waals surface area (Å²) in [6.45, 7) is 11.4. The normalized spacial score (nSPS) is 13.9. The molecule has 0 spiro atoms. The van der Waals surface area contributed by atoms with Crippen LogP contribution in [0.3, 0.4) is 0 Å². The van der Waals surface area contributed by atoms with Crippen molar-refractivity contribution in [2.24, 2.45) is 0 Å². The molecule has 0 aliphatic carbocycles. The third-order valence-corrected chi connectivity index (χ3v) is 8.80. The Hall–Kier alpha value is -4.09. The number of H-pyrrole nitrogens is 4. The van der Waals surface area contributed by atoms with Crippen molar-refractivity contribution in [2.45, 2.75) is 73.0 Å². The smallest absolute Gasteiger partial charge is 0.303 e. The standard InChI is InChI=1S/C34H42N4O6/c1-16-22(7-8-32(42)43)28-14-29-23(9-10-44-15-39)17(2)24(35-29)11-26-18(3)33(20(5)40)31(37-26)13-27-19(4)34(21(6)41)30(38-27)12-25(16)36-28/h11-14,20-21,35-41H,7-10,15H2,1-6H3,(H,42,43). The molecule has 2 atom stereocenters. The van der Waals surface area contributed by atoms with Crippen LogP contribution in [0.5, 0.6) is 0 Å². The Kier molecular flexibility index (Phi) is 8.90. The minimum Gasteiger partial charge on any atom is -0.481 e. The van der Waals surface area contributed by atoms with E-state index in [1.807, 2.05) is 52.0 Å². The van der Waals surface area contributed by atoms with E-state index in [1.165, 1.54) is 0 Å². The van der Waals surface area contributed by atoms with Gasteiger partial charge in [0.25, 0.3) is 0 Å². The van der Waals surface area contributed by atoms with E-state index in [9.17, 15) is 25.2 Å². The molecular formula is C34H42N4O6. The van der Waals surface area contributed by atoms with Gasteiger partial charge in [0.2, 0.25) is 0 Å². The molecular weight excluding hydrogens is 560 g/mol. The Bertz CT molecular complexity index is 1970. The first-order valence-corrected chi connectivity index (χ1v) is 14.9. The number of hydrogen-bond donors (Lipinski definition) is 8. The number of carboxylic acid groups (broad SMARTS) is 1. The highest BCUT2D eigenvalue weighted by Crippen LogP contribution is 2.27. The first-order chi connectivity index (χ1) is 20.9. The van der Waals surface area contributed by atoms with Crippen molar-refractivity contribution >= 4 is 30.3 Å². The van der Waals surface area contributed by atoms with E-state index in [0.29, 0.717) is 19.4 Å².